The third-order valence-corrected chi connectivity index (χ3v) is 5.23. The van der Waals surface area contributed by atoms with Gasteiger partial charge in [0.2, 0.25) is 0 Å². The normalized spacial score (nSPS) is 14.2. The Hall–Kier alpha value is -1.92. The summed E-state index contributed by atoms with van der Waals surface area (Å²) < 4.78 is 7.35. The molecule has 1 aliphatic rings. The molecule has 0 fully saturated rings. The van der Waals surface area contributed by atoms with Gasteiger partial charge in [0.1, 0.15) is 18.1 Å². The Labute approximate surface area is 132 Å². The highest BCUT2D eigenvalue weighted by molar-refractivity contribution is 7.10. The van der Waals surface area contributed by atoms with E-state index < -0.39 is 0 Å². The fourth-order valence-electron chi connectivity index (χ4n) is 2.96. The first-order chi connectivity index (χ1) is 10.8. The molecule has 3 heterocycles. The predicted molar refractivity (Wildman–Crippen MR) is 83.7 cm³/mol. The molecule has 0 atom stereocenters. The summed E-state index contributed by atoms with van der Waals surface area (Å²) >= 11 is 1.87. The van der Waals surface area contributed by atoms with Crippen molar-refractivity contribution < 1.29 is 9.52 Å². The topological polar surface area (TPSA) is 64.1 Å². The molecule has 0 bridgehead atoms. The molecule has 0 aliphatic heterocycles. The summed E-state index contributed by atoms with van der Waals surface area (Å²) in [4.78, 5) is 1.54. The van der Waals surface area contributed by atoms with E-state index in [4.69, 9.17) is 9.52 Å². The van der Waals surface area contributed by atoms with Crippen molar-refractivity contribution in [3.63, 3.8) is 0 Å². The van der Waals surface area contributed by atoms with E-state index in [1.54, 1.807) is 10.9 Å². The van der Waals surface area contributed by atoms with Crippen LogP contribution in [0.3, 0.4) is 0 Å². The average Bonchev–Trinajstić information content (AvgIpc) is 3.27. The maximum absolute atomic E-state index is 9.05. The fraction of sp³-hybridized carbons (Fsp3) is 0.375. The predicted octanol–water partition coefficient (Wildman–Crippen LogP) is 3.02. The summed E-state index contributed by atoms with van der Waals surface area (Å²) in [5, 5.41) is 19.7. The molecule has 3 aromatic heterocycles. The molecule has 0 spiro atoms. The number of hydrogen-bond donors (Lipinski definition) is 1. The molecule has 1 N–H and O–H groups in total. The minimum atomic E-state index is -0.102. The lowest BCUT2D eigenvalue weighted by Gasteiger charge is -2.12. The van der Waals surface area contributed by atoms with Crippen molar-refractivity contribution >= 4 is 11.3 Å². The third-order valence-electron chi connectivity index (χ3n) is 4.09. The highest BCUT2D eigenvalue weighted by atomic mass is 32.1. The van der Waals surface area contributed by atoms with Gasteiger partial charge in [-0.1, -0.05) is 5.21 Å². The van der Waals surface area contributed by atoms with Crippen LogP contribution in [0.1, 0.15) is 34.6 Å². The third kappa shape index (κ3) is 2.48. The van der Waals surface area contributed by atoms with Crippen molar-refractivity contribution in [2.75, 3.05) is 0 Å². The van der Waals surface area contributed by atoms with Crippen molar-refractivity contribution in [2.24, 2.45) is 0 Å². The van der Waals surface area contributed by atoms with E-state index in [1.807, 2.05) is 28.3 Å². The second-order valence-corrected chi connectivity index (χ2v) is 6.56. The maximum atomic E-state index is 9.05. The van der Waals surface area contributed by atoms with Crippen LogP contribution in [-0.4, -0.2) is 20.1 Å². The molecule has 114 valence electrons. The van der Waals surface area contributed by atoms with Crippen LogP contribution in [0.25, 0.3) is 11.5 Å². The Kier molecular flexibility index (Phi) is 3.56. The monoisotopic (exact) mass is 315 g/mol. The van der Waals surface area contributed by atoms with Gasteiger partial charge in [-0.15, -0.1) is 16.4 Å². The zero-order valence-corrected chi connectivity index (χ0v) is 13.0. The van der Waals surface area contributed by atoms with Gasteiger partial charge < -0.3 is 9.52 Å². The zero-order valence-electron chi connectivity index (χ0n) is 12.2. The largest absolute Gasteiger partial charge is 0.457 e. The van der Waals surface area contributed by atoms with Crippen LogP contribution in [0.5, 0.6) is 0 Å². The summed E-state index contributed by atoms with van der Waals surface area (Å²) in [6.45, 7) is 0.654. The first-order valence-electron chi connectivity index (χ1n) is 7.51. The van der Waals surface area contributed by atoms with Gasteiger partial charge in [-0.05, 0) is 54.3 Å². The molecule has 0 saturated carbocycles. The number of aryl methyl sites for hydroxylation is 1. The lowest BCUT2D eigenvalue weighted by atomic mass is 9.96. The van der Waals surface area contributed by atoms with E-state index >= 15 is 0 Å². The number of aliphatic hydroxyl groups is 1. The van der Waals surface area contributed by atoms with Crippen molar-refractivity contribution in [2.45, 2.75) is 38.8 Å². The molecule has 0 amide bonds. The number of nitrogens with zero attached hydrogens (tertiary/aromatic N) is 3. The number of furan rings is 1. The number of thiophene rings is 1. The fourth-order valence-corrected chi connectivity index (χ4v) is 4.10. The van der Waals surface area contributed by atoms with Crippen LogP contribution in [0.4, 0.5) is 0 Å². The summed E-state index contributed by atoms with van der Waals surface area (Å²) in [5.41, 5.74) is 3.59. The number of hydrogen-bond acceptors (Lipinski definition) is 5. The van der Waals surface area contributed by atoms with E-state index in [-0.39, 0.29) is 6.61 Å². The summed E-state index contributed by atoms with van der Waals surface area (Å²) in [6.07, 6.45) is 6.90. The number of rotatable bonds is 4. The Morgan fingerprint density at radius 2 is 2.18 bits per heavy atom. The lowest BCUT2D eigenvalue weighted by Crippen LogP contribution is -2.05. The molecule has 6 heteroatoms. The molecule has 0 aromatic carbocycles. The molecule has 0 unspecified atom stereocenters. The van der Waals surface area contributed by atoms with Crippen LogP contribution in [0.15, 0.2) is 28.1 Å². The molecule has 3 aromatic rings. The van der Waals surface area contributed by atoms with Crippen LogP contribution >= 0.6 is 11.3 Å². The van der Waals surface area contributed by atoms with E-state index in [0.29, 0.717) is 17.2 Å². The standard InChI is InChI=1S/C16H17N3O2S/c20-9-12-5-6-15(21-12)14-8-19(18-17-14)7-11-10-22-16-4-2-1-3-13(11)16/h5-6,8,10,20H,1-4,7,9H2. The minimum absolute atomic E-state index is 0.102. The Morgan fingerprint density at radius 3 is 3.05 bits per heavy atom. The van der Waals surface area contributed by atoms with Gasteiger partial charge in [0, 0.05) is 4.88 Å². The summed E-state index contributed by atoms with van der Waals surface area (Å²) in [7, 11) is 0. The van der Waals surface area contributed by atoms with Crippen LogP contribution in [0.2, 0.25) is 0 Å². The van der Waals surface area contributed by atoms with Crippen molar-refractivity contribution in [3.8, 4) is 11.5 Å². The van der Waals surface area contributed by atoms with Gasteiger partial charge in [0.05, 0.1) is 12.7 Å². The second-order valence-electron chi connectivity index (χ2n) is 5.60. The van der Waals surface area contributed by atoms with Gasteiger partial charge in [-0.3, -0.25) is 0 Å². The smallest absolute Gasteiger partial charge is 0.156 e. The number of aliphatic hydroxyl groups excluding tert-OH is 1. The van der Waals surface area contributed by atoms with E-state index in [1.165, 1.54) is 36.8 Å². The molecule has 0 radical (unpaired) electrons. The summed E-state index contributed by atoms with van der Waals surface area (Å²) in [5.74, 6) is 1.18. The minimum Gasteiger partial charge on any atom is -0.457 e. The van der Waals surface area contributed by atoms with Gasteiger partial charge in [-0.25, -0.2) is 4.68 Å². The van der Waals surface area contributed by atoms with Crippen molar-refractivity contribution in [1.29, 1.82) is 0 Å². The molecular weight excluding hydrogens is 298 g/mol. The average molecular weight is 315 g/mol. The van der Waals surface area contributed by atoms with Crippen LogP contribution < -0.4 is 0 Å². The molecule has 1 aliphatic carbocycles. The zero-order chi connectivity index (χ0) is 14.9. The quantitative estimate of drug-likeness (QED) is 0.804. The lowest BCUT2D eigenvalue weighted by molar-refractivity contribution is 0.248. The Morgan fingerprint density at radius 1 is 1.27 bits per heavy atom. The van der Waals surface area contributed by atoms with Gasteiger partial charge in [-0.2, -0.15) is 0 Å². The highest BCUT2D eigenvalue weighted by Crippen LogP contribution is 2.30. The van der Waals surface area contributed by atoms with E-state index in [0.717, 1.165) is 6.54 Å². The van der Waals surface area contributed by atoms with Crippen LogP contribution in [-0.2, 0) is 26.0 Å². The molecular formula is C16H17N3O2S. The molecule has 22 heavy (non-hydrogen) atoms. The number of fused-ring (bicyclic) bond motifs is 1. The van der Waals surface area contributed by atoms with E-state index in [2.05, 4.69) is 15.7 Å². The van der Waals surface area contributed by atoms with Gasteiger partial charge in [0.15, 0.2) is 5.76 Å². The molecule has 0 saturated heterocycles. The van der Waals surface area contributed by atoms with Crippen molar-refractivity contribution in [3.05, 3.63) is 45.5 Å². The maximum Gasteiger partial charge on any atom is 0.156 e. The first kappa shape index (κ1) is 13.7. The molecule has 5 nitrogen and oxygen atoms in total. The van der Waals surface area contributed by atoms with Gasteiger partial charge >= 0.3 is 0 Å². The Bertz CT molecular complexity index is 787. The second kappa shape index (κ2) is 5.70. The van der Waals surface area contributed by atoms with Crippen molar-refractivity contribution in [1.82, 2.24) is 15.0 Å². The van der Waals surface area contributed by atoms with Crippen LogP contribution in [0, 0.1) is 0 Å². The Balaban J connectivity index is 1.56. The van der Waals surface area contributed by atoms with E-state index in [9.17, 15) is 0 Å². The SMILES string of the molecule is OCc1ccc(-c2cn(Cc3csc4c3CCCC4)nn2)o1. The van der Waals surface area contributed by atoms with Gasteiger partial charge in [0.25, 0.3) is 0 Å². The number of aromatic nitrogens is 3. The molecule has 4 rings (SSSR count). The summed E-state index contributed by atoms with van der Waals surface area (Å²) in [6, 6.07) is 3.57. The highest BCUT2D eigenvalue weighted by Gasteiger charge is 2.16. The first-order valence-corrected chi connectivity index (χ1v) is 8.39.